The van der Waals surface area contributed by atoms with Crippen molar-refractivity contribution in [1.82, 2.24) is 0 Å². The average Bonchev–Trinajstić information content (AvgIpc) is 3.16. The predicted molar refractivity (Wildman–Crippen MR) is 111 cm³/mol. The first-order valence-electron chi connectivity index (χ1n) is 8.14. The van der Waals surface area contributed by atoms with Crippen LogP contribution in [0.25, 0.3) is 0 Å². The third-order valence-corrected chi connectivity index (χ3v) is 7.63. The van der Waals surface area contributed by atoms with Gasteiger partial charge in [0.25, 0.3) is 0 Å². The van der Waals surface area contributed by atoms with Gasteiger partial charge in [0.1, 0.15) is 5.75 Å². The van der Waals surface area contributed by atoms with Gasteiger partial charge in [0.15, 0.2) is 0 Å². The number of benzene rings is 2. The molecule has 1 aliphatic heterocycles. The van der Waals surface area contributed by atoms with Gasteiger partial charge in [-0.15, -0.1) is 35.3 Å². The van der Waals surface area contributed by atoms with E-state index in [4.69, 9.17) is 4.74 Å². The number of carbonyl (C=O) groups is 2. The van der Waals surface area contributed by atoms with Crippen molar-refractivity contribution in [2.75, 3.05) is 22.6 Å². The van der Waals surface area contributed by atoms with Crippen LogP contribution in [0.2, 0.25) is 0 Å². The van der Waals surface area contributed by atoms with E-state index in [9.17, 15) is 9.59 Å². The molecule has 0 spiro atoms. The summed E-state index contributed by atoms with van der Waals surface area (Å²) in [6.07, 6.45) is 0. The highest BCUT2D eigenvalue weighted by molar-refractivity contribution is 8.19. The molecule has 1 aliphatic rings. The Labute approximate surface area is 165 Å². The summed E-state index contributed by atoms with van der Waals surface area (Å²) in [7, 11) is 0. The molecular weight excluding hydrogens is 386 g/mol. The quantitative estimate of drug-likeness (QED) is 0.422. The first kappa shape index (κ1) is 19.2. The van der Waals surface area contributed by atoms with Crippen LogP contribution in [-0.4, -0.2) is 29.1 Å². The molecule has 0 aliphatic carbocycles. The molecular formula is C19H19NO3S3. The molecule has 7 heteroatoms. The number of nitrogens with one attached hydrogen (secondary N) is 1. The molecule has 4 nitrogen and oxygen atoms in total. The molecule has 0 atom stereocenters. The lowest BCUT2D eigenvalue weighted by Gasteiger charge is -2.09. The minimum absolute atomic E-state index is 0.106. The van der Waals surface area contributed by atoms with E-state index >= 15 is 0 Å². The summed E-state index contributed by atoms with van der Waals surface area (Å²) < 4.78 is 5.90. The van der Waals surface area contributed by atoms with E-state index in [1.807, 2.05) is 72.1 Å². The van der Waals surface area contributed by atoms with Crippen LogP contribution in [0.5, 0.6) is 5.75 Å². The van der Waals surface area contributed by atoms with E-state index in [1.165, 1.54) is 35.8 Å². The fraction of sp³-hybridized carbons (Fsp3) is 0.263. The zero-order valence-corrected chi connectivity index (χ0v) is 16.7. The van der Waals surface area contributed by atoms with Gasteiger partial charge in [-0.05, 0) is 42.0 Å². The van der Waals surface area contributed by atoms with Crippen molar-refractivity contribution in [3.8, 4) is 5.75 Å². The summed E-state index contributed by atoms with van der Waals surface area (Å²) in [6, 6.07) is 15.2. The SMILES string of the molecule is CC(=O)Nc1ccc(SCC(=O)Oc2ccc(C3SCCS3)cc2)cc1. The molecule has 26 heavy (non-hydrogen) atoms. The Kier molecular flexibility index (Phi) is 6.93. The van der Waals surface area contributed by atoms with E-state index in [0.717, 1.165) is 10.6 Å². The van der Waals surface area contributed by atoms with E-state index in [2.05, 4.69) is 5.32 Å². The fourth-order valence-electron chi connectivity index (χ4n) is 2.38. The van der Waals surface area contributed by atoms with Crippen LogP contribution in [0, 0.1) is 0 Å². The second-order valence-corrected chi connectivity index (χ2v) is 9.38. The molecule has 0 radical (unpaired) electrons. The van der Waals surface area contributed by atoms with E-state index in [1.54, 1.807) is 0 Å². The van der Waals surface area contributed by atoms with Crippen molar-refractivity contribution in [2.45, 2.75) is 16.4 Å². The number of esters is 1. The lowest BCUT2D eigenvalue weighted by Crippen LogP contribution is -2.10. The molecule has 0 aromatic heterocycles. The summed E-state index contributed by atoms with van der Waals surface area (Å²) in [6.45, 7) is 1.47. The maximum absolute atomic E-state index is 12.0. The molecule has 1 saturated heterocycles. The highest BCUT2D eigenvalue weighted by Crippen LogP contribution is 2.45. The summed E-state index contributed by atoms with van der Waals surface area (Å²) in [5.74, 6) is 2.80. The Morgan fingerprint density at radius 3 is 2.35 bits per heavy atom. The number of ether oxygens (including phenoxy) is 1. The second kappa shape index (κ2) is 9.39. The number of thioether (sulfide) groups is 3. The van der Waals surface area contributed by atoms with Gasteiger partial charge in [0.2, 0.25) is 5.91 Å². The molecule has 1 amide bonds. The van der Waals surface area contributed by atoms with Gasteiger partial charge in [0, 0.05) is 29.0 Å². The summed E-state index contributed by atoms with van der Waals surface area (Å²) in [4.78, 5) is 24.0. The first-order valence-corrected chi connectivity index (χ1v) is 11.2. The standard InChI is InChI=1S/C19H19NO3S3/c1-13(21)20-15-4-8-17(9-5-15)26-12-18(22)23-16-6-2-14(3-7-16)19-24-10-11-25-19/h2-9,19H,10-12H2,1H3,(H,20,21). The van der Waals surface area contributed by atoms with Crippen LogP contribution in [0.4, 0.5) is 5.69 Å². The fourth-order valence-corrected chi connectivity index (χ4v) is 5.92. The largest absolute Gasteiger partial charge is 0.426 e. The zero-order valence-electron chi connectivity index (χ0n) is 14.3. The number of carbonyl (C=O) groups excluding carboxylic acids is 2. The first-order chi connectivity index (χ1) is 12.6. The van der Waals surface area contributed by atoms with Crippen LogP contribution < -0.4 is 10.1 Å². The molecule has 0 unspecified atom stereocenters. The number of hydrogen-bond acceptors (Lipinski definition) is 6. The predicted octanol–water partition coefficient (Wildman–Crippen LogP) is 4.82. The smallest absolute Gasteiger partial charge is 0.321 e. The minimum atomic E-state index is -0.279. The van der Waals surface area contributed by atoms with E-state index in [0.29, 0.717) is 10.3 Å². The maximum atomic E-state index is 12.0. The number of rotatable bonds is 6. The second-order valence-electron chi connectivity index (χ2n) is 5.61. The van der Waals surface area contributed by atoms with Gasteiger partial charge in [-0.1, -0.05) is 12.1 Å². The third kappa shape index (κ3) is 5.72. The van der Waals surface area contributed by atoms with Crippen LogP contribution in [-0.2, 0) is 9.59 Å². The van der Waals surface area contributed by atoms with Crippen LogP contribution in [0.1, 0.15) is 17.1 Å². The van der Waals surface area contributed by atoms with E-state index < -0.39 is 0 Å². The van der Waals surface area contributed by atoms with Gasteiger partial charge in [-0.25, -0.2) is 0 Å². The number of hydrogen-bond donors (Lipinski definition) is 1. The Bertz CT molecular complexity index is 757. The molecule has 1 N–H and O–H groups in total. The molecule has 0 bridgehead atoms. The van der Waals surface area contributed by atoms with Crippen molar-refractivity contribution in [2.24, 2.45) is 0 Å². The van der Waals surface area contributed by atoms with Crippen molar-refractivity contribution in [1.29, 1.82) is 0 Å². The highest BCUT2D eigenvalue weighted by Gasteiger charge is 2.18. The van der Waals surface area contributed by atoms with Crippen molar-refractivity contribution < 1.29 is 14.3 Å². The molecule has 2 aromatic rings. The normalized spacial score (nSPS) is 14.2. The number of anilines is 1. The van der Waals surface area contributed by atoms with Crippen molar-refractivity contribution >= 4 is 52.8 Å². The van der Waals surface area contributed by atoms with Crippen LogP contribution >= 0.6 is 35.3 Å². The van der Waals surface area contributed by atoms with Crippen molar-refractivity contribution in [3.05, 3.63) is 54.1 Å². The van der Waals surface area contributed by atoms with Gasteiger partial charge >= 0.3 is 5.97 Å². The third-order valence-electron chi connectivity index (χ3n) is 3.54. The lowest BCUT2D eigenvalue weighted by molar-refractivity contribution is -0.131. The zero-order chi connectivity index (χ0) is 18.4. The topological polar surface area (TPSA) is 55.4 Å². The lowest BCUT2D eigenvalue weighted by atomic mass is 10.2. The van der Waals surface area contributed by atoms with Gasteiger partial charge in [-0.3, -0.25) is 9.59 Å². The molecule has 0 saturated carbocycles. The maximum Gasteiger partial charge on any atom is 0.321 e. The molecule has 3 rings (SSSR count). The Balaban J connectivity index is 1.47. The summed E-state index contributed by atoms with van der Waals surface area (Å²) in [5.41, 5.74) is 2.01. The summed E-state index contributed by atoms with van der Waals surface area (Å²) in [5, 5.41) is 2.71. The van der Waals surface area contributed by atoms with Gasteiger partial charge in [0.05, 0.1) is 10.3 Å². The summed E-state index contributed by atoms with van der Waals surface area (Å²) >= 11 is 5.31. The van der Waals surface area contributed by atoms with Crippen molar-refractivity contribution in [3.63, 3.8) is 0 Å². The Morgan fingerprint density at radius 2 is 1.73 bits per heavy atom. The monoisotopic (exact) mass is 405 g/mol. The molecule has 1 fully saturated rings. The van der Waals surface area contributed by atoms with Crippen LogP contribution in [0.15, 0.2) is 53.4 Å². The molecule has 2 aromatic carbocycles. The van der Waals surface area contributed by atoms with E-state index in [-0.39, 0.29) is 17.6 Å². The molecule has 136 valence electrons. The molecule has 1 heterocycles. The average molecular weight is 406 g/mol. The van der Waals surface area contributed by atoms with Crippen LogP contribution in [0.3, 0.4) is 0 Å². The Morgan fingerprint density at radius 1 is 1.08 bits per heavy atom. The van der Waals surface area contributed by atoms with Gasteiger partial charge < -0.3 is 10.1 Å². The Hall–Kier alpha value is -1.57. The number of amides is 1. The highest BCUT2D eigenvalue weighted by atomic mass is 32.2. The van der Waals surface area contributed by atoms with Gasteiger partial charge in [-0.2, -0.15) is 0 Å². The minimum Gasteiger partial charge on any atom is -0.426 e.